The summed E-state index contributed by atoms with van der Waals surface area (Å²) in [5.74, 6) is -0.646. The van der Waals surface area contributed by atoms with Crippen LogP contribution >= 0.6 is 23.2 Å². The number of phenolic OH excluding ortho intramolecular Hbond substituents is 1. The molecule has 0 bridgehead atoms. The van der Waals surface area contributed by atoms with E-state index in [4.69, 9.17) is 23.2 Å². The van der Waals surface area contributed by atoms with Crippen molar-refractivity contribution in [2.75, 3.05) is 26.2 Å². The molecule has 1 aliphatic rings. The highest BCUT2D eigenvalue weighted by molar-refractivity contribution is 6.36. The first-order chi connectivity index (χ1) is 12.9. The Bertz CT molecular complexity index is 906. The third-order valence-electron chi connectivity index (χ3n) is 4.53. The summed E-state index contributed by atoms with van der Waals surface area (Å²) >= 11 is 12.6. The minimum Gasteiger partial charge on any atom is -0.507 e. The summed E-state index contributed by atoms with van der Waals surface area (Å²) in [5, 5.41) is 11.2. The van der Waals surface area contributed by atoms with Crippen molar-refractivity contribution in [3.05, 3.63) is 64.7 Å². The van der Waals surface area contributed by atoms with Crippen LogP contribution in [0.1, 0.15) is 10.4 Å². The maximum absolute atomic E-state index is 12.8. The second-order valence-electron chi connectivity index (χ2n) is 6.15. The molecule has 1 heterocycles. The Kier molecular flexibility index (Phi) is 5.73. The number of aromatic hydroxyl groups is 1. The van der Waals surface area contributed by atoms with Crippen LogP contribution in [0, 0.1) is 0 Å². The van der Waals surface area contributed by atoms with Gasteiger partial charge in [-0.25, -0.2) is 0 Å². The highest BCUT2D eigenvalue weighted by atomic mass is 35.5. The van der Waals surface area contributed by atoms with Gasteiger partial charge in [0.2, 0.25) is 5.91 Å². The molecule has 1 N–H and O–H groups in total. The van der Waals surface area contributed by atoms with Crippen LogP contribution in [0.5, 0.6) is 5.75 Å². The normalized spacial score (nSPS) is 14.1. The molecular weight excluding hydrogens is 387 g/mol. The van der Waals surface area contributed by atoms with E-state index < -0.39 is 0 Å². The third-order valence-corrected chi connectivity index (χ3v) is 5.18. The third kappa shape index (κ3) is 3.94. The number of phenols is 1. The van der Waals surface area contributed by atoms with Gasteiger partial charge >= 0.3 is 0 Å². The first-order valence-corrected chi connectivity index (χ1v) is 9.16. The van der Waals surface area contributed by atoms with Gasteiger partial charge in [0.1, 0.15) is 5.75 Å². The van der Waals surface area contributed by atoms with Crippen LogP contribution in [0.3, 0.4) is 0 Å². The summed E-state index contributed by atoms with van der Waals surface area (Å²) in [5.41, 5.74) is 1.35. The lowest BCUT2D eigenvalue weighted by atomic mass is 10.0. The van der Waals surface area contributed by atoms with Crippen LogP contribution in [0.25, 0.3) is 11.1 Å². The molecular formula is C20H18Cl2N2O3. The largest absolute Gasteiger partial charge is 0.507 e. The minimum atomic E-state index is -0.328. The fraction of sp³-hybridized carbons (Fsp3) is 0.200. The van der Waals surface area contributed by atoms with Crippen LogP contribution in [0.15, 0.2) is 49.1 Å². The zero-order chi connectivity index (χ0) is 19.6. The first kappa shape index (κ1) is 19.3. The number of benzene rings is 2. The van der Waals surface area contributed by atoms with Crippen LogP contribution in [-0.4, -0.2) is 52.9 Å². The Labute approximate surface area is 167 Å². The van der Waals surface area contributed by atoms with E-state index in [0.717, 1.165) is 0 Å². The molecule has 1 saturated heterocycles. The van der Waals surface area contributed by atoms with Crippen molar-refractivity contribution in [3.8, 4) is 16.9 Å². The monoisotopic (exact) mass is 404 g/mol. The summed E-state index contributed by atoms with van der Waals surface area (Å²) in [6, 6.07) is 10.0. The predicted molar refractivity (Wildman–Crippen MR) is 106 cm³/mol. The van der Waals surface area contributed by atoms with Gasteiger partial charge in [0.05, 0.1) is 5.56 Å². The standard InChI is InChI=1S/C20H18Cl2N2O3/c1-2-19(26)23-7-9-24(10-8-23)20(27)15-11-17(22)14(12-18(15)25)13-5-3-4-6-16(13)21/h2-6,11-12,25H,1,7-10H2. The van der Waals surface area contributed by atoms with Gasteiger partial charge in [0.25, 0.3) is 5.91 Å². The zero-order valence-electron chi connectivity index (χ0n) is 14.5. The van der Waals surface area contributed by atoms with Crippen molar-refractivity contribution in [1.29, 1.82) is 0 Å². The number of nitrogens with zero attached hydrogens (tertiary/aromatic N) is 2. The van der Waals surface area contributed by atoms with Gasteiger partial charge in [-0.05, 0) is 24.3 Å². The van der Waals surface area contributed by atoms with Gasteiger partial charge < -0.3 is 14.9 Å². The van der Waals surface area contributed by atoms with Crippen molar-refractivity contribution >= 4 is 35.0 Å². The molecule has 0 atom stereocenters. The van der Waals surface area contributed by atoms with Gasteiger partial charge in [0.15, 0.2) is 0 Å². The first-order valence-electron chi connectivity index (χ1n) is 8.40. The van der Waals surface area contributed by atoms with E-state index in [1.807, 2.05) is 6.07 Å². The van der Waals surface area contributed by atoms with E-state index in [0.29, 0.717) is 47.4 Å². The molecule has 0 aromatic heterocycles. The highest BCUT2D eigenvalue weighted by Gasteiger charge is 2.26. The molecule has 0 aliphatic carbocycles. The zero-order valence-corrected chi connectivity index (χ0v) is 16.0. The second kappa shape index (κ2) is 8.03. The molecule has 0 radical (unpaired) electrons. The van der Waals surface area contributed by atoms with E-state index in [1.54, 1.807) is 28.0 Å². The van der Waals surface area contributed by atoms with E-state index in [9.17, 15) is 14.7 Å². The van der Waals surface area contributed by atoms with Crippen molar-refractivity contribution in [2.45, 2.75) is 0 Å². The number of halogens is 2. The highest BCUT2D eigenvalue weighted by Crippen LogP contribution is 2.37. The lowest BCUT2D eigenvalue weighted by Crippen LogP contribution is -2.50. The molecule has 27 heavy (non-hydrogen) atoms. The van der Waals surface area contributed by atoms with Crippen molar-refractivity contribution in [2.24, 2.45) is 0 Å². The van der Waals surface area contributed by atoms with Crippen LogP contribution < -0.4 is 0 Å². The fourth-order valence-corrected chi connectivity index (χ4v) is 3.55. The Balaban J connectivity index is 1.83. The summed E-state index contributed by atoms with van der Waals surface area (Å²) in [4.78, 5) is 27.7. The van der Waals surface area contributed by atoms with E-state index in [-0.39, 0.29) is 23.1 Å². The van der Waals surface area contributed by atoms with Crippen LogP contribution in [0.2, 0.25) is 10.0 Å². The quantitative estimate of drug-likeness (QED) is 0.790. The number of carbonyl (C=O) groups excluding carboxylic acids is 2. The average Bonchev–Trinajstić information content (AvgIpc) is 2.69. The van der Waals surface area contributed by atoms with Gasteiger partial charge in [-0.2, -0.15) is 0 Å². The molecule has 2 amide bonds. The molecule has 2 aromatic carbocycles. The molecule has 1 aliphatic heterocycles. The lowest BCUT2D eigenvalue weighted by molar-refractivity contribution is -0.127. The average molecular weight is 405 g/mol. The van der Waals surface area contributed by atoms with Crippen molar-refractivity contribution in [1.82, 2.24) is 9.80 Å². The molecule has 5 nitrogen and oxygen atoms in total. The van der Waals surface area contributed by atoms with Gasteiger partial charge in [-0.3, -0.25) is 9.59 Å². The Hall–Kier alpha value is -2.50. The fourth-order valence-electron chi connectivity index (χ4n) is 3.05. The number of hydrogen-bond donors (Lipinski definition) is 1. The van der Waals surface area contributed by atoms with Gasteiger partial charge in [-0.1, -0.05) is 48.0 Å². The van der Waals surface area contributed by atoms with Gasteiger partial charge in [-0.15, -0.1) is 0 Å². The lowest BCUT2D eigenvalue weighted by Gasteiger charge is -2.34. The van der Waals surface area contributed by atoms with E-state index in [1.165, 1.54) is 18.2 Å². The molecule has 3 rings (SSSR count). The molecule has 140 valence electrons. The smallest absolute Gasteiger partial charge is 0.257 e. The second-order valence-corrected chi connectivity index (χ2v) is 6.97. The SMILES string of the molecule is C=CC(=O)N1CCN(C(=O)c2cc(Cl)c(-c3ccccc3Cl)cc2O)CC1. The van der Waals surface area contributed by atoms with Crippen molar-refractivity contribution < 1.29 is 14.7 Å². The maximum atomic E-state index is 12.8. The number of hydrogen-bond acceptors (Lipinski definition) is 3. The number of rotatable bonds is 3. The molecule has 1 fully saturated rings. The summed E-state index contributed by atoms with van der Waals surface area (Å²) in [6.07, 6.45) is 1.26. The molecule has 0 saturated carbocycles. The Morgan fingerprint density at radius 2 is 1.59 bits per heavy atom. The molecule has 2 aromatic rings. The predicted octanol–water partition coefficient (Wildman–Crippen LogP) is 3.84. The maximum Gasteiger partial charge on any atom is 0.257 e. The number of carbonyl (C=O) groups is 2. The topological polar surface area (TPSA) is 60.9 Å². The Morgan fingerprint density at radius 1 is 0.963 bits per heavy atom. The molecule has 0 spiro atoms. The van der Waals surface area contributed by atoms with Crippen LogP contribution in [0.4, 0.5) is 0 Å². The summed E-state index contributed by atoms with van der Waals surface area (Å²) < 4.78 is 0. The number of piperazine rings is 1. The summed E-state index contributed by atoms with van der Waals surface area (Å²) in [6.45, 7) is 5.06. The van der Waals surface area contributed by atoms with E-state index >= 15 is 0 Å². The van der Waals surface area contributed by atoms with Crippen molar-refractivity contribution in [3.63, 3.8) is 0 Å². The number of amides is 2. The van der Waals surface area contributed by atoms with Gasteiger partial charge in [0, 0.05) is 47.4 Å². The molecule has 0 unspecified atom stereocenters. The molecule has 7 heteroatoms. The van der Waals surface area contributed by atoms with E-state index in [2.05, 4.69) is 6.58 Å². The Morgan fingerprint density at radius 3 is 2.22 bits per heavy atom. The minimum absolute atomic E-state index is 0.124. The summed E-state index contributed by atoms with van der Waals surface area (Å²) in [7, 11) is 0. The van der Waals surface area contributed by atoms with Crippen LogP contribution in [-0.2, 0) is 4.79 Å².